The van der Waals surface area contributed by atoms with Crippen LogP contribution in [0.15, 0.2) is 60.7 Å². The van der Waals surface area contributed by atoms with E-state index in [1.807, 2.05) is 54.6 Å². The third-order valence-electron chi connectivity index (χ3n) is 8.13. The van der Waals surface area contributed by atoms with E-state index in [9.17, 15) is 21.6 Å². The number of sulfonamides is 1. The van der Waals surface area contributed by atoms with Crippen molar-refractivity contribution in [3.8, 4) is 5.75 Å². The van der Waals surface area contributed by atoms with Crippen molar-refractivity contribution in [1.29, 1.82) is 0 Å². The lowest BCUT2D eigenvalue weighted by molar-refractivity contribution is -0.0496. The number of halogens is 5. The van der Waals surface area contributed by atoms with Crippen molar-refractivity contribution < 1.29 is 26.3 Å². The van der Waals surface area contributed by atoms with E-state index in [1.165, 1.54) is 0 Å². The van der Waals surface area contributed by atoms with E-state index in [1.54, 1.807) is 7.11 Å². The highest BCUT2D eigenvalue weighted by molar-refractivity contribution is 7.90. The fraction of sp³-hybridized carbons (Fsp3) is 0.367. The maximum atomic E-state index is 13.2. The average molecular weight is 639 g/mol. The summed E-state index contributed by atoms with van der Waals surface area (Å²) in [6.07, 6.45) is 2.42. The molecule has 2 heterocycles. The van der Waals surface area contributed by atoms with Crippen molar-refractivity contribution in [1.82, 2.24) is 13.9 Å². The van der Waals surface area contributed by atoms with Crippen LogP contribution in [0.2, 0.25) is 10.0 Å². The number of piperidine rings is 1. The minimum atomic E-state index is -5.37. The first-order valence-electron chi connectivity index (χ1n) is 13.6. The van der Waals surface area contributed by atoms with Gasteiger partial charge in [0.15, 0.2) is 0 Å². The van der Waals surface area contributed by atoms with Gasteiger partial charge in [-0.3, -0.25) is 0 Å². The Morgan fingerprint density at radius 1 is 0.881 bits per heavy atom. The molecule has 1 aliphatic heterocycles. The van der Waals surface area contributed by atoms with Gasteiger partial charge in [-0.1, -0.05) is 47.5 Å². The van der Waals surface area contributed by atoms with Crippen LogP contribution < -0.4 is 4.74 Å². The molecule has 0 atom stereocenters. The largest absolute Gasteiger partial charge is 0.511 e. The van der Waals surface area contributed by atoms with Gasteiger partial charge in [-0.25, -0.2) is 13.4 Å². The molecule has 1 saturated carbocycles. The van der Waals surface area contributed by atoms with Gasteiger partial charge in [-0.15, -0.1) is 0 Å². The van der Waals surface area contributed by atoms with Gasteiger partial charge in [0.2, 0.25) is 0 Å². The number of hydrogen-bond donors (Lipinski definition) is 0. The molecule has 0 amide bonds. The van der Waals surface area contributed by atoms with Crippen molar-refractivity contribution in [2.45, 2.75) is 49.1 Å². The van der Waals surface area contributed by atoms with E-state index in [0.717, 1.165) is 40.9 Å². The standard InChI is InChI=1S/C30H28Cl2F3N3O3S/c1-41-26-17-21(27(18-4-8-22(31)9-5-18)19-6-10-23(32)11-7-19)16-25-28(26)36-29(20-2-3-20)38(25)24-12-14-37(15-13-24)42(39,40)30(33,34)35/h4-11,16-17,20,24,27H,2-3,12-15H2,1H3. The molecule has 2 fully saturated rings. The van der Waals surface area contributed by atoms with Crippen LogP contribution >= 0.6 is 23.2 Å². The molecular formula is C30H28Cl2F3N3O3S. The highest BCUT2D eigenvalue weighted by Gasteiger charge is 2.50. The number of ether oxygens (including phenoxy) is 1. The second-order valence-corrected chi connectivity index (χ2v) is 13.6. The molecule has 6 rings (SSSR count). The van der Waals surface area contributed by atoms with Gasteiger partial charge in [0.25, 0.3) is 0 Å². The summed E-state index contributed by atoms with van der Waals surface area (Å²) in [4.78, 5) is 4.99. The van der Waals surface area contributed by atoms with Crippen molar-refractivity contribution >= 4 is 44.3 Å². The molecule has 2 aliphatic rings. The van der Waals surface area contributed by atoms with Gasteiger partial charge in [0.1, 0.15) is 17.1 Å². The summed E-state index contributed by atoms with van der Waals surface area (Å²) in [5.74, 6) is 1.50. The van der Waals surface area contributed by atoms with E-state index in [-0.39, 0.29) is 43.8 Å². The van der Waals surface area contributed by atoms with Gasteiger partial charge in [-0.2, -0.15) is 17.5 Å². The number of alkyl halides is 3. The van der Waals surface area contributed by atoms with Crippen molar-refractivity contribution in [2.75, 3.05) is 20.2 Å². The van der Waals surface area contributed by atoms with E-state index in [4.69, 9.17) is 32.9 Å². The molecule has 3 aromatic carbocycles. The number of fused-ring (bicyclic) bond motifs is 1. The first-order chi connectivity index (χ1) is 20.0. The number of benzene rings is 3. The third-order valence-corrected chi connectivity index (χ3v) is 10.3. The Morgan fingerprint density at radius 2 is 1.43 bits per heavy atom. The number of imidazole rings is 1. The molecule has 0 bridgehead atoms. The quantitative estimate of drug-likeness (QED) is 0.193. The summed E-state index contributed by atoms with van der Waals surface area (Å²) in [7, 11) is -3.78. The number of methoxy groups -OCH3 is 1. The second kappa shape index (κ2) is 11.0. The van der Waals surface area contributed by atoms with E-state index in [0.29, 0.717) is 25.6 Å². The zero-order valence-corrected chi connectivity index (χ0v) is 24.9. The Morgan fingerprint density at radius 3 is 1.90 bits per heavy atom. The molecule has 12 heteroatoms. The topological polar surface area (TPSA) is 64.4 Å². The van der Waals surface area contributed by atoms with Crippen molar-refractivity contribution in [2.24, 2.45) is 0 Å². The summed E-state index contributed by atoms with van der Waals surface area (Å²) in [5, 5.41) is 1.24. The SMILES string of the molecule is COc1cc(C(c2ccc(Cl)cc2)c2ccc(Cl)cc2)cc2c1nc(C1CC1)n2C1CCN(S(=O)(=O)C(F)(F)F)CC1. The highest BCUT2D eigenvalue weighted by atomic mass is 35.5. The lowest BCUT2D eigenvalue weighted by atomic mass is 9.85. The summed E-state index contributed by atoms with van der Waals surface area (Å²) in [6.45, 7) is -0.434. The highest BCUT2D eigenvalue weighted by Crippen LogP contribution is 2.46. The van der Waals surface area contributed by atoms with Crippen LogP contribution in [-0.4, -0.2) is 48.0 Å². The summed E-state index contributed by atoms with van der Waals surface area (Å²) in [5.41, 5.74) is -0.883. The molecule has 0 radical (unpaired) electrons. The Kier molecular flexibility index (Phi) is 7.70. The summed E-state index contributed by atoms with van der Waals surface area (Å²) in [6, 6.07) is 19.1. The van der Waals surface area contributed by atoms with Crippen molar-refractivity contribution in [3.05, 3.63) is 93.2 Å². The maximum Gasteiger partial charge on any atom is 0.511 e. The molecule has 4 aromatic rings. The number of aromatic nitrogens is 2. The molecule has 1 aliphatic carbocycles. The Bertz CT molecular complexity index is 1670. The molecule has 222 valence electrons. The Labute approximate surface area is 252 Å². The predicted octanol–water partition coefficient (Wildman–Crippen LogP) is 7.90. The lowest BCUT2D eigenvalue weighted by Gasteiger charge is -2.33. The molecule has 0 unspecified atom stereocenters. The molecule has 1 aromatic heterocycles. The minimum Gasteiger partial charge on any atom is -0.494 e. The van der Waals surface area contributed by atoms with Crippen LogP contribution in [0.1, 0.15) is 66.1 Å². The first kappa shape index (κ1) is 29.3. The third kappa shape index (κ3) is 5.38. The van der Waals surface area contributed by atoms with E-state index < -0.39 is 15.5 Å². The molecule has 0 N–H and O–H groups in total. The summed E-state index contributed by atoms with van der Waals surface area (Å²) < 4.78 is 72.3. The lowest BCUT2D eigenvalue weighted by Crippen LogP contribution is -2.45. The number of rotatable bonds is 7. The smallest absolute Gasteiger partial charge is 0.494 e. The van der Waals surface area contributed by atoms with Gasteiger partial charge in [0, 0.05) is 41.0 Å². The second-order valence-electron chi connectivity index (χ2n) is 10.8. The van der Waals surface area contributed by atoms with Crippen LogP contribution in [0.3, 0.4) is 0 Å². The number of nitrogens with zero attached hydrogens (tertiary/aromatic N) is 3. The maximum absolute atomic E-state index is 13.2. The molecule has 1 saturated heterocycles. The molecule has 6 nitrogen and oxygen atoms in total. The van der Waals surface area contributed by atoms with E-state index >= 15 is 0 Å². The van der Waals surface area contributed by atoms with E-state index in [2.05, 4.69) is 10.6 Å². The van der Waals surface area contributed by atoms with Crippen LogP contribution in [0.25, 0.3) is 11.0 Å². The van der Waals surface area contributed by atoms with Crippen LogP contribution in [0, 0.1) is 0 Å². The normalized spacial score (nSPS) is 17.3. The van der Waals surface area contributed by atoms with Gasteiger partial charge in [-0.05, 0) is 78.8 Å². The zero-order chi connectivity index (χ0) is 29.8. The summed E-state index contributed by atoms with van der Waals surface area (Å²) >= 11 is 12.4. The molecular weight excluding hydrogens is 610 g/mol. The van der Waals surface area contributed by atoms with Crippen LogP contribution in [0.5, 0.6) is 5.75 Å². The van der Waals surface area contributed by atoms with Gasteiger partial charge in [0.05, 0.1) is 12.6 Å². The van der Waals surface area contributed by atoms with Gasteiger partial charge >= 0.3 is 15.5 Å². The Balaban J connectivity index is 1.47. The monoisotopic (exact) mass is 637 g/mol. The first-order valence-corrected chi connectivity index (χ1v) is 15.8. The molecule has 42 heavy (non-hydrogen) atoms. The van der Waals surface area contributed by atoms with Crippen molar-refractivity contribution in [3.63, 3.8) is 0 Å². The number of hydrogen-bond acceptors (Lipinski definition) is 4. The van der Waals surface area contributed by atoms with Crippen LogP contribution in [0.4, 0.5) is 13.2 Å². The Hall–Kier alpha value is -2.79. The fourth-order valence-electron chi connectivity index (χ4n) is 5.91. The fourth-order valence-corrected chi connectivity index (χ4v) is 7.15. The molecule has 0 spiro atoms. The zero-order valence-electron chi connectivity index (χ0n) is 22.6. The predicted molar refractivity (Wildman–Crippen MR) is 157 cm³/mol. The van der Waals surface area contributed by atoms with Gasteiger partial charge < -0.3 is 9.30 Å². The minimum absolute atomic E-state index is 0.204. The van der Waals surface area contributed by atoms with Crippen LogP contribution in [-0.2, 0) is 10.0 Å². The average Bonchev–Trinajstić information content (AvgIpc) is 3.74.